The highest BCUT2D eigenvalue weighted by atomic mass is 32.1. The number of carbonyl (C=O) groups excluding carboxylic acids is 1. The van der Waals surface area contributed by atoms with Crippen LogP contribution < -0.4 is 5.56 Å². The fourth-order valence-electron chi connectivity index (χ4n) is 3.65. The number of carbonyl (C=O) groups is 1. The monoisotopic (exact) mass is 397 g/mol. The van der Waals surface area contributed by atoms with Crippen LogP contribution in [0.15, 0.2) is 41.5 Å². The fourth-order valence-corrected chi connectivity index (χ4v) is 4.57. The lowest BCUT2D eigenvalue weighted by molar-refractivity contribution is -0.131. The first-order chi connectivity index (χ1) is 13.4. The van der Waals surface area contributed by atoms with E-state index < -0.39 is 5.60 Å². The minimum Gasteiger partial charge on any atom is -0.383 e. The molecule has 3 aromatic rings. The van der Waals surface area contributed by atoms with Crippen molar-refractivity contribution in [3.63, 3.8) is 0 Å². The minimum absolute atomic E-state index is 0.0664. The number of rotatable bonds is 4. The predicted octanol–water partition coefficient (Wildman–Crippen LogP) is 2.45. The van der Waals surface area contributed by atoms with Gasteiger partial charge < -0.3 is 10.0 Å². The van der Waals surface area contributed by atoms with E-state index in [0.717, 1.165) is 22.4 Å². The van der Waals surface area contributed by atoms with Gasteiger partial charge in [-0.3, -0.25) is 14.2 Å². The second-order valence-electron chi connectivity index (χ2n) is 7.43. The van der Waals surface area contributed by atoms with Gasteiger partial charge in [0.05, 0.1) is 18.3 Å². The molecule has 1 saturated heterocycles. The Morgan fingerprint density at radius 3 is 2.79 bits per heavy atom. The van der Waals surface area contributed by atoms with Crippen LogP contribution in [-0.4, -0.2) is 38.6 Å². The summed E-state index contributed by atoms with van der Waals surface area (Å²) in [7, 11) is 0. The first kappa shape index (κ1) is 18.8. The van der Waals surface area contributed by atoms with Crippen molar-refractivity contribution in [3.05, 3.63) is 63.0 Å². The molecule has 4 rings (SSSR count). The zero-order chi connectivity index (χ0) is 19.9. The van der Waals surface area contributed by atoms with E-state index in [9.17, 15) is 14.7 Å². The Hall–Kier alpha value is -2.51. The Labute approximate surface area is 167 Å². The molecule has 146 valence electrons. The molecule has 1 unspecified atom stereocenters. The summed E-state index contributed by atoms with van der Waals surface area (Å²) in [6, 6.07) is 9.61. The fraction of sp³-hybridized carbons (Fsp3) is 0.381. The number of benzene rings is 1. The second-order valence-corrected chi connectivity index (χ2v) is 8.54. The van der Waals surface area contributed by atoms with Gasteiger partial charge in [0.2, 0.25) is 5.91 Å². The maximum atomic E-state index is 12.8. The van der Waals surface area contributed by atoms with E-state index in [2.05, 4.69) is 4.98 Å². The summed E-state index contributed by atoms with van der Waals surface area (Å²) in [6.07, 6.45) is 2.78. The zero-order valence-corrected chi connectivity index (χ0v) is 16.8. The van der Waals surface area contributed by atoms with Gasteiger partial charge in [-0.1, -0.05) is 36.8 Å². The number of thiophene rings is 1. The minimum atomic E-state index is -1.04. The summed E-state index contributed by atoms with van der Waals surface area (Å²) in [5.41, 5.74) is 0.710. The number of hydrogen-bond donors (Lipinski definition) is 1. The van der Waals surface area contributed by atoms with Crippen LogP contribution in [0.1, 0.15) is 29.3 Å². The Balaban J connectivity index is 1.51. The van der Waals surface area contributed by atoms with Crippen LogP contribution in [0.3, 0.4) is 0 Å². The lowest BCUT2D eigenvalue weighted by atomic mass is 9.92. The van der Waals surface area contributed by atoms with Gasteiger partial charge >= 0.3 is 0 Å². The van der Waals surface area contributed by atoms with Crippen molar-refractivity contribution in [1.29, 1.82) is 0 Å². The van der Waals surface area contributed by atoms with Gasteiger partial charge in [-0.2, -0.15) is 0 Å². The summed E-state index contributed by atoms with van der Waals surface area (Å²) < 4.78 is 1.36. The van der Waals surface area contributed by atoms with Crippen LogP contribution in [-0.2, 0) is 23.4 Å². The highest BCUT2D eigenvalue weighted by Crippen LogP contribution is 2.32. The second kappa shape index (κ2) is 7.14. The van der Waals surface area contributed by atoms with Crippen molar-refractivity contribution in [1.82, 2.24) is 14.5 Å². The molecule has 28 heavy (non-hydrogen) atoms. The number of aryl methyl sites for hydroxylation is 2. The van der Waals surface area contributed by atoms with E-state index in [-0.39, 0.29) is 24.6 Å². The zero-order valence-electron chi connectivity index (χ0n) is 16.0. The Morgan fingerprint density at radius 2 is 2.07 bits per heavy atom. The number of fused-ring (bicyclic) bond motifs is 1. The summed E-state index contributed by atoms with van der Waals surface area (Å²) in [5.74, 6) is -0.183. The molecular formula is C21H23N3O3S. The number of β-amino-alcohol motifs (C(OH)–C–C–N with tert-alkyl or cyclic N) is 1. The highest BCUT2D eigenvalue weighted by Gasteiger charge is 2.39. The number of aliphatic hydroxyl groups is 1. The van der Waals surface area contributed by atoms with Crippen LogP contribution in [0.4, 0.5) is 0 Å². The molecule has 1 amide bonds. The topological polar surface area (TPSA) is 75.4 Å². The maximum Gasteiger partial charge on any atom is 0.262 e. The van der Waals surface area contributed by atoms with Gasteiger partial charge in [-0.05, 0) is 31.4 Å². The molecule has 0 aliphatic carbocycles. The molecule has 1 fully saturated rings. The van der Waals surface area contributed by atoms with Crippen molar-refractivity contribution in [2.24, 2.45) is 0 Å². The van der Waals surface area contributed by atoms with Gasteiger partial charge in [-0.25, -0.2) is 4.98 Å². The molecule has 7 heteroatoms. The van der Waals surface area contributed by atoms with E-state index in [4.69, 9.17) is 0 Å². The molecule has 1 aromatic carbocycles. The summed E-state index contributed by atoms with van der Waals surface area (Å²) in [6.45, 7) is 4.67. The molecule has 0 spiro atoms. The number of hydrogen-bond acceptors (Lipinski definition) is 5. The third kappa shape index (κ3) is 3.36. The van der Waals surface area contributed by atoms with Crippen molar-refractivity contribution < 1.29 is 9.90 Å². The Kier molecular flexibility index (Phi) is 4.81. The maximum absolute atomic E-state index is 12.8. The van der Waals surface area contributed by atoms with Gasteiger partial charge in [0.25, 0.3) is 5.56 Å². The molecule has 1 aliphatic rings. The molecule has 3 heterocycles. The predicted molar refractivity (Wildman–Crippen MR) is 110 cm³/mol. The molecule has 1 atom stereocenters. The van der Waals surface area contributed by atoms with Crippen molar-refractivity contribution in [3.8, 4) is 0 Å². The van der Waals surface area contributed by atoms with E-state index in [1.54, 1.807) is 4.90 Å². The molecule has 1 aliphatic heterocycles. The van der Waals surface area contributed by atoms with E-state index in [1.807, 2.05) is 44.2 Å². The number of aromatic nitrogens is 2. The van der Waals surface area contributed by atoms with Crippen LogP contribution in [0.2, 0.25) is 0 Å². The lowest BCUT2D eigenvalue weighted by Crippen LogP contribution is -2.38. The normalized spacial score (nSPS) is 19.5. The standard InChI is InChI=1S/C21H23N3O3S/c1-3-16-10-17-19(28-16)22-13-24(20(17)26)11-18(25)23-9-8-21(27,12-23)15-6-4-14(2)5-7-15/h4-7,10,13,27H,3,8-9,11-12H2,1-2H3. The average molecular weight is 398 g/mol. The molecule has 6 nitrogen and oxygen atoms in total. The largest absolute Gasteiger partial charge is 0.383 e. The molecule has 0 bridgehead atoms. The molecule has 1 N–H and O–H groups in total. The van der Waals surface area contributed by atoms with Crippen LogP contribution in [0.5, 0.6) is 0 Å². The summed E-state index contributed by atoms with van der Waals surface area (Å²) in [5, 5.41) is 11.6. The number of likely N-dealkylation sites (tertiary alicyclic amines) is 1. The third-order valence-electron chi connectivity index (χ3n) is 5.41. The average Bonchev–Trinajstić information content (AvgIpc) is 3.29. The van der Waals surface area contributed by atoms with Gasteiger partial charge in [0.15, 0.2) is 0 Å². The van der Waals surface area contributed by atoms with Crippen molar-refractivity contribution >= 4 is 27.5 Å². The third-order valence-corrected chi connectivity index (χ3v) is 6.60. The van der Waals surface area contributed by atoms with E-state index in [1.165, 1.54) is 22.2 Å². The van der Waals surface area contributed by atoms with Crippen molar-refractivity contribution in [2.75, 3.05) is 13.1 Å². The van der Waals surface area contributed by atoms with Crippen LogP contribution in [0.25, 0.3) is 10.2 Å². The lowest BCUT2D eigenvalue weighted by Gasteiger charge is -2.24. The van der Waals surface area contributed by atoms with Gasteiger partial charge in [0, 0.05) is 11.4 Å². The van der Waals surface area contributed by atoms with Crippen LogP contribution >= 0.6 is 11.3 Å². The molecule has 2 aromatic heterocycles. The van der Waals surface area contributed by atoms with Crippen molar-refractivity contribution in [2.45, 2.75) is 38.8 Å². The Morgan fingerprint density at radius 1 is 1.32 bits per heavy atom. The molecular weight excluding hydrogens is 374 g/mol. The summed E-state index contributed by atoms with van der Waals surface area (Å²) >= 11 is 1.51. The number of amides is 1. The van der Waals surface area contributed by atoms with Crippen LogP contribution in [0, 0.1) is 6.92 Å². The van der Waals surface area contributed by atoms with E-state index >= 15 is 0 Å². The van der Waals surface area contributed by atoms with E-state index in [0.29, 0.717) is 23.2 Å². The Bertz CT molecular complexity index is 1090. The first-order valence-electron chi connectivity index (χ1n) is 9.45. The molecule has 0 saturated carbocycles. The van der Waals surface area contributed by atoms with Gasteiger partial charge in [0.1, 0.15) is 17.0 Å². The number of nitrogens with zero attached hydrogens (tertiary/aromatic N) is 3. The SMILES string of the molecule is CCc1cc2c(=O)n(CC(=O)N3CCC(O)(c4ccc(C)cc4)C3)cnc2s1. The summed E-state index contributed by atoms with van der Waals surface area (Å²) in [4.78, 5) is 33.2. The van der Waals surface area contributed by atoms with Gasteiger partial charge in [-0.15, -0.1) is 11.3 Å². The highest BCUT2D eigenvalue weighted by molar-refractivity contribution is 7.18. The first-order valence-corrected chi connectivity index (χ1v) is 10.3. The quantitative estimate of drug-likeness (QED) is 0.734. The smallest absolute Gasteiger partial charge is 0.262 e. The molecule has 0 radical (unpaired) electrons.